The zero-order valence-electron chi connectivity index (χ0n) is 20.9. The summed E-state index contributed by atoms with van der Waals surface area (Å²) in [7, 11) is -3.74. The van der Waals surface area contributed by atoms with Gasteiger partial charge in [0, 0.05) is 17.3 Å². The van der Waals surface area contributed by atoms with E-state index in [-0.39, 0.29) is 4.90 Å². The normalized spacial score (nSPS) is 11.4. The largest absolute Gasteiger partial charge is 0.423 e. The average molecular weight is 540 g/mol. The molecule has 9 heteroatoms. The summed E-state index contributed by atoms with van der Waals surface area (Å²) in [6, 6.07) is 28.5. The molecule has 0 aliphatic carbocycles. The fraction of sp³-hybridized carbons (Fsp3) is 0.0333. The van der Waals surface area contributed by atoms with Crippen molar-refractivity contribution in [1.29, 1.82) is 0 Å². The van der Waals surface area contributed by atoms with Crippen LogP contribution in [0.25, 0.3) is 6.08 Å². The Morgan fingerprint density at radius 3 is 2.13 bits per heavy atom. The fourth-order valence-corrected chi connectivity index (χ4v) is 4.41. The molecule has 0 spiro atoms. The van der Waals surface area contributed by atoms with E-state index in [9.17, 15) is 18.0 Å². The Labute approximate surface area is 226 Å². The van der Waals surface area contributed by atoms with Crippen LogP contribution >= 0.6 is 0 Å². The molecular formula is C30H25N3O5S. The number of rotatable bonds is 9. The van der Waals surface area contributed by atoms with E-state index < -0.39 is 21.9 Å². The predicted octanol–water partition coefficient (Wildman–Crippen LogP) is 5.18. The van der Waals surface area contributed by atoms with Crippen molar-refractivity contribution in [1.82, 2.24) is 5.43 Å². The van der Waals surface area contributed by atoms with E-state index in [1.807, 2.05) is 37.3 Å². The zero-order valence-corrected chi connectivity index (χ0v) is 21.8. The van der Waals surface area contributed by atoms with Gasteiger partial charge in [0.25, 0.3) is 15.9 Å². The molecule has 0 radical (unpaired) electrons. The third kappa shape index (κ3) is 7.98. The molecule has 8 nitrogen and oxygen atoms in total. The van der Waals surface area contributed by atoms with Gasteiger partial charge in [-0.25, -0.2) is 18.6 Å². The molecule has 1 amide bonds. The minimum absolute atomic E-state index is 0.148. The Morgan fingerprint density at radius 1 is 0.795 bits per heavy atom. The highest BCUT2D eigenvalue weighted by Crippen LogP contribution is 2.17. The third-order valence-electron chi connectivity index (χ3n) is 5.42. The molecule has 196 valence electrons. The highest BCUT2D eigenvalue weighted by Gasteiger charge is 2.14. The zero-order chi connectivity index (χ0) is 27.7. The molecule has 0 aliphatic rings. The van der Waals surface area contributed by atoms with Gasteiger partial charge in [0.2, 0.25) is 0 Å². The van der Waals surface area contributed by atoms with Crippen LogP contribution in [-0.2, 0) is 14.8 Å². The van der Waals surface area contributed by atoms with Crippen molar-refractivity contribution in [3.63, 3.8) is 0 Å². The topological polar surface area (TPSA) is 114 Å². The first-order chi connectivity index (χ1) is 18.8. The number of nitrogens with zero attached hydrogens (tertiary/aromatic N) is 1. The second kappa shape index (κ2) is 12.5. The average Bonchev–Trinajstić information content (AvgIpc) is 2.94. The second-order valence-corrected chi connectivity index (χ2v) is 10.1. The number of amides is 1. The third-order valence-corrected chi connectivity index (χ3v) is 6.82. The number of anilines is 1. The maximum atomic E-state index is 12.5. The number of nitrogens with one attached hydrogen (secondary N) is 2. The summed E-state index contributed by atoms with van der Waals surface area (Å²) >= 11 is 0. The van der Waals surface area contributed by atoms with Crippen LogP contribution in [0.5, 0.6) is 5.75 Å². The first-order valence-electron chi connectivity index (χ1n) is 11.9. The standard InChI is InChI=1S/C30H25N3O5S/c1-22-7-18-28(19-8-22)39(36,37)33-26-14-12-25(13-15-26)30(35)32-31-21-24-9-16-27(17-10-24)38-29(34)20-11-23-5-3-2-4-6-23/h2-21,33H,1H3,(H,32,35). The van der Waals surface area contributed by atoms with Crippen LogP contribution in [0.1, 0.15) is 27.0 Å². The van der Waals surface area contributed by atoms with Crippen LogP contribution in [0.15, 0.2) is 119 Å². The number of ether oxygens (including phenoxy) is 1. The summed E-state index contributed by atoms with van der Waals surface area (Å²) in [6.45, 7) is 1.87. The van der Waals surface area contributed by atoms with E-state index in [2.05, 4.69) is 15.2 Å². The monoisotopic (exact) mass is 539 g/mol. The molecule has 0 bridgehead atoms. The number of esters is 1. The smallest absolute Gasteiger partial charge is 0.336 e. The Morgan fingerprint density at radius 2 is 1.46 bits per heavy atom. The van der Waals surface area contributed by atoms with Crippen LogP contribution in [-0.4, -0.2) is 26.5 Å². The Balaban J connectivity index is 1.27. The number of hydrazone groups is 1. The van der Waals surface area contributed by atoms with E-state index in [4.69, 9.17) is 4.74 Å². The van der Waals surface area contributed by atoms with Gasteiger partial charge in [0.15, 0.2) is 0 Å². The van der Waals surface area contributed by atoms with Crippen molar-refractivity contribution in [2.75, 3.05) is 4.72 Å². The van der Waals surface area contributed by atoms with Crippen LogP contribution in [0, 0.1) is 6.92 Å². The molecule has 4 aromatic rings. The van der Waals surface area contributed by atoms with Crippen LogP contribution < -0.4 is 14.9 Å². The van der Waals surface area contributed by atoms with Gasteiger partial charge in [0.05, 0.1) is 11.1 Å². The molecular weight excluding hydrogens is 514 g/mol. The van der Waals surface area contributed by atoms with Gasteiger partial charge in [-0.1, -0.05) is 48.0 Å². The first-order valence-corrected chi connectivity index (χ1v) is 13.3. The Hall–Kier alpha value is -5.02. The summed E-state index contributed by atoms with van der Waals surface area (Å²) in [5.74, 6) is -0.589. The van der Waals surface area contributed by atoms with Crippen LogP contribution in [0.3, 0.4) is 0 Å². The van der Waals surface area contributed by atoms with Gasteiger partial charge in [-0.2, -0.15) is 5.10 Å². The molecule has 0 fully saturated rings. The minimum Gasteiger partial charge on any atom is -0.423 e. The number of carbonyl (C=O) groups is 2. The SMILES string of the molecule is Cc1ccc(S(=O)(=O)Nc2ccc(C(=O)NN=Cc3ccc(OC(=O)C=Cc4ccccc4)cc3)cc2)cc1. The number of carbonyl (C=O) groups excluding carboxylic acids is 2. The molecule has 2 N–H and O–H groups in total. The number of sulfonamides is 1. The molecule has 4 rings (SSSR count). The van der Waals surface area contributed by atoms with E-state index in [1.165, 1.54) is 48.7 Å². The van der Waals surface area contributed by atoms with Crippen LogP contribution in [0.2, 0.25) is 0 Å². The molecule has 39 heavy (non-hydrogen) atoms. The molecule has 0 aliphatic heterocycles. The van der Waals surface area contributed by atoms with E-state index in [1.54, 1.807) is 42.5 Å². The minimum atomic E-state index is -3.74. The van der Waals surface area contributed by atoms with E-state index in [0.29, 0.717) is 22.6 Å². The molecule has 0 unspecified atom stereocenters. The number of benzene rings is 4. The Kier molecular flexibility index (Phi) is 8.65. The van der Waals surface area contributed by atoms with Crippen molar-refractivity contribution in [2.24, 2.45) is 5.10 Å². The lowest BCUT2D eigenvalue weighted by atomic mass is 10.2. The highest BCUT2D eigenvalue weighted by atomic mass is 32.2. The summed E-state index contributed by atoms with van der Waals surface area (Å²) in [5, 5.41) is 3.95. The van der Waals surface area contributed by atoms with Gasteiger partial charge in [-0.15, -0.1) is 0 Å². The van der Waals surface area contributed by atoms with E-state index in [0.717, 1.165) is 11.1 Å². The number of hydrogen-bond acceptors (Lipinski definition) is 6. The van der Waals surface area contributed by atoms with Gasteiger partial charge < -0.3 is 4.74 Å². The van der Waals surface area contributed by atoms with Crippen molar-refractivity contribution in [2.45, 2.75) is 11.8 Å². The fourth-order valence-electron chi connectivity index (χ4n) is 3.35. The lowest BCUT2D eigenvalue weighted by Gasteiger charge is -2.09. The molecule has 4 aromatic carbocycles. The van der Waals surface area contributed by atoms with Gasteiger partial charge >= 0.3 is 5.97 Å². The lowest BCUT2D eigenvalue weighted by molar-refractivity contribution is -0.128. The molecule has 0 aromatic heterocycles. The van der Waals surface area contributed by atoms with E-state index >= 15 is 0 Å². The lowest BCUT2D eigenvalue weighted by Crippen LogP contribution is -2.18. The van der Waals surface area contributed by atoms with Gasteiger partial charge in [0.1, 0.15) is 5.75 Å². The van der Waals surface area contributed by atoms with Crippen molar-refractivity contribution < 1.29 is 22.7 Å². The predicted molar refractivity (Wildman–Crippen MR) is 151 cm³/mol. The van der Waals surface area contributed by atoms with Gasteiger partial charge in [-0.3, -0.25) is 9.52 Å². The summed E-state index contributed by atoms with van der Waals surface area (Å²) in [4.78, 5) is 24.5. The first kappa shape index (κ1) is 27.0. The summed E-state index contributed by atoms with van der Waals surface area (Å²) < 4.78 is 32.8. The number of hydrogen-bond donors (Lipinski definition) is 2. The number of aryl methyl sites for hydroxylation is 1. The van der Waals surface area contributed by atoms with Crippen molar-refractivity contribution >= 4 is 39.9 Å². The molecule has 0 heterocycles. The summed E-state index contributed by atoms with van der Waals surface area (Å²) in [5.41, 5.74) is 5.57. The van der Waals surface area contributed by atoms with Crippen molar-refractivity contribution in [3.05, 3.63) is 131 Å². The molecule has 0 atom stereocenters. The maximum Gasteiger partial charge on any atom is 0.336 e. The van der Waals surface area contributed by atoms with Crippen LogP contribution in [0.4, 0.5) is 5.69 Å². The van der Waals surface area contributed by atoms with Crippen molar-refractivity contribution in [3.8, 4) is 5.75 Å². The maximum absolute atomic E-state index is 12.5. The van der Waals surface area contributed by atoms with Gasteiger partial charge in [-0.05, 0) is 84.8 Å². The second-order valence-electron chi connectivity index (χ2n) is 8.43. The highest BCUT2D eigenvalue weighted by molar-refractivity contribution is 7.92. The molecule has 0 saturated carbocycles. The quantitative estimate of drug-likeness (QED) is 0.100. The molecule has 0 saturated heterocycles. The Bertz CT molecular complexity index is 1600. The summed E-state index contributed by atoms with van der Waals surface area (Å²) in [6.07, 6.45) is 4.47.